The van der Waals surface area contributed by atoms with Crippen molar-refractivity contribution in [1.29, 1.82) is 0 Å². The molecule has 1 unspecified atom stereocenters. The average Bonchev–Trinajstić information content (AvgIpc) is 2.37. The number of anilines is 2. The van der Waals surface area contributed by atoms with E-state index in [-0.39, 0.29) is 24.9 Å². The quantitative estimate of drug-likeness (QED) is 0.574. The molecule has 2 amide bonds. The van der Waals surface area contributed by atoms with Gasteiger partial charge in [-0.05, 0) is 18.2 Å². The van der Waals surface area contributed by atoms with Crippen molar-refractivity contribution in [1.82, 2.24) is 10.6 Å². The summed E-state index contributed by atoms with van der Waals surface area (Å²) in [5.74, 6) is -0.454. The molecule has 0 spiro atoms. The van der Waals surface area contributed by atoms with Gasteiger partial charge in [-0.1, -0.05) is 6.07 Å². The number of amides is 2. The van der Waals surface area contributed by atoms with Crippen molar-refractivity contribution in [2.75, 3.05) is 29.4 Å². The monoisotopic (exact) mass is 312 g/mol. The Bertz CT molecular complexity index is 649. The van der Waals surface area contributed by atoms with Gasteiger partial charge in [-0.15, -0.1) is 0 Å². The lowest BCUT2D eigenvalue weighted by Gasteiger charge is -2.23. The maximum atomic E-state index is 12.0. The molecule has 0 saturated carbocycles. The van der Waals surface area contributed by atoms with Gasteiger partial charge in [0.25, 0.3) is 0 Å². The number of nitrogens with one attached hydrogen (secondary N) is 4. The normalized spacial score (nSPS) is 18.7. The SMILES string of the molecule is CS(=O)(=O)Nc1cccc(NC(=O)C2CNC(=O)CN2)c1. The Balaban J connectivity index is 2.01. The number of carbonyl (C=O) groups is 2. The van der Waals surface area contributed by atoms with Crippen LogP contribution in [0.3, 0.4) is 0 Å². The van der Waals surface area contributed by atoms with Crippen LogP contribution in [0.4, 0.5) is 11.4 Å². The highest BCUT2D eigenvalue weighted by molar-refractivity contribution is 7.92. The lowest BCUT2D eigenvalue weighted by atomic mass is 10.2. The molecular formula is C12H16N4O4S. The number of sulfonamides is 1. The van der Waals surface area contributed by atoms with Crippen molar-refractivity contribution in [2.45, 2.75) is 6.04 Å². The van der Waals surface area contributed by atoms with Crippen LogP contribution in [0, 0.1) is 0 Å². The Labute approximate surface area is 122 Å². The first-order chi connectivity index (χ1) is 9.83. The zero-order chi connectivity index (χ0) is 15.5. The van der Waals surface area contributed by atoms with E-state index in [0.717, 1.165) is 6.26 Å². The molecule has 21 heavy (non-hydrogen) atoms. The smallest absolute Gasteiger partial charge is 0.243 e. The van der Waals surface area contributed by atoms with Crippen molar-refractivity contribution in [3.8, 4) is 0 Å². The molecule has 0 radical (unpaired) electrons. The van der Waals surface area contributed by atoms with Crippen LogP contribution in [-0.2, 0) is 19.6 Å². The van der Waals surface area contributed by atoms with Crippen LogP contribution in [0.25, 0.3) is 0 Å². The van der Waals surface area contributed by atoms with Crippen LogP contribution in [-0.4, -0.2) is 45.6 Å². The van der Waals surface area contributed by atoms with Gasteiger partial charge in [0.2, 0.25) is 21.8 Å². The Morgan fingerprint density at radius 3 is 2.67 bits per heavy atom. The van der Waals surface area contributed by atoms with Crippen LogP contribution in [0.15, 0.2) is 24.3 Å². The Kier molecular flexibility index (Phi) is 4.43. The molecule has 9 heteroatoms. The van der Waals surface area contributed by atoms with Crippen molar-refractivity contribution in [3.63, 3.8) is 0 Å². The number of piperazine rings is 1. The summed E-state index contributed by atoms with van der Waals surface area (Å²) in [5.41, 5.74) is 0.826. The summed E-state index contributed by atoms with van der Waals surface area (Å²) in [6.45, 7) is 0.305. The van der Waals surface area contributed by atoms with E-state index in [4.69, 9.17) is 0 Å². The van der Waals surface area contributed by atoms with E-state index >= 15 is 0 Å². The molecule has 2 rings (SSSR count). The summed E-state index contributed by atoms with van der Waals surface area (Å²) in [6.07, 6.45) is 1.05. The van der Waals surface area contributed by atoms with Gasteiger partial charge in [0.1, 0.15) is 6.04 Å². The third-order valence-electron chi connectivity index (χ3n) is 2.76. The maximum Gasteiger partial charge on any atom is 0.243 e. The first kappa shape index (κ1) is 15.3. The summed E-state index contributed by atoms with van der Waals surface area (Å²) in [4.78, 5) is 23.0. The second-order valence-electron chi connectivity index (χ2n) is 4.68. The van der Waals surface area contributed by atoms with E-state index < -0.39 is 16.1 Å². The van der Waals surface area contributed by atoms with Gasteiger partial charge < -0.3 is 10.6 Å². The first-order valence-corrected chi connectivity index (χ1v) is 8.11. The van der Waals surface area contributed by atoms with Crippen molar-refractivity contribution >= 4 is 33.2 Å². The molecule has 1 aliphatic rings. The molecule has 1 fully saturated rings. The molecule has 114 valence electrons. The number of benzene rings is 1. The summed E-state index contributed by atoms with van der Waals surface area (Å²) in [6, 6.07) is 5.84. The lowest BCUT2D eigenvalue weighted by molar-refractivity contribution is -0.124. The van der Waals surface area contributed by atoms with Gasteiger partial charge in [0.05, 0.1) is 18.5 Å². The molecule has 0 aromatic heterocycles. The fraction of sp³-hybridized carbons (Fsp3) is 0.333. The second kappa shape index (κ2) is 6.10. The topological polar surface area (TPSA) is 116 Å². The number of hydrogen-bond acceptors (Lipinski definition) is 5. The van der Waals surface area contributed by atoms with Gasteiger partial charge in [0, 0.05) is 12.2 Å². The molecule has 4 N–H and O–H groups in total. The highest BCUT2D eigenvalue weighted by Crippen LogP contribution is 2.16. The molecule has 1 aromatic rings. The van der Waals surface area contributed by atoms with E-state index in [1.165, 1.54) is 6.07 Å². The Morgan fingerprint density at radius 2 is 2.05 bits per heavy atom. The van der Waals surface area contributed by atoms with E-state index in [1.54, 1.807) is 18.2 Å². The summed E-state index contributed by atoms with van der Waals surface area (Å²) >= 11 is 0. The highest BCUT2D eigenvalue weighted by Gasteiger charge is 2.23. The van der Waals surface area contributed by atoms with Gasteiger partial charge >= 0.3 is 0 Å². The average molecular weight is 312 g/mol. The minimum absolute atomic E-state index is 0.0910. The zero-order valence-electron chi connectivity index (χ0n) is 11.3. The zero-order valence-corrected chi connectivity index (χ0v) is 12.2. The maximum absolute atomic E-state index is 12.0. The predicted molar refractivity (Wildman–Crippen MR) is 78.3 cm³/mol. The number of rotatable bonds is 4. The standard InChI is InChI=1S/C12H16N4O4S/c1-21(19,20)16-9-4-2-3-8(5-9)15-12(18)10-6-14-11(17)7-13-10/h2-5,10,13,16H,6-7H2,1H3,(H,14,17)(H,15,18). The van der Waals surface area contributed by atoms with Crippen molar-refractivity contribution in [3.05, 3.63) is 24.3 Å². The van der Waals surface area contributed by atoms with Gasteiger partial charge in [0.15, 0.2) is 0 Å². The molecule has 0 bridgehead atoms. The lowest BCUT2D eigenvalue weighted by Crippen LogP contribution is -2.56. The fourth-order valence-electron chi connectivity index (χ4n) is 1.86. The molecule has 1 saturated heterocycles. The fourth-order valence-corrected chi connectivity index (χ4v) is 2.41. The van der Waals surface area contributed by atoms with E-state index in [9.17, 15) is 18.0 Å². The van der Waals surface area contributed by atoms with E-state index in [0.29, 0.717) is 11.4 Å². The first-order valence-electron chi connectivity index (χ1n) is 6.22. The molecule has 1 heterocycles. The number of hydrogen-bond donors (Lipinski definition) is 4. The minimum atomic E-state index is -3.37. The Hall–Kier alpha value is -2.13. The molecular weight excluding hydrogens is 296 g/mol. The Morgan fingerprint density at radius 1 is 1.33 bits per heavy atom. The second-order valence-corrected chi connectivity index (χ2v) is 6.43. The van der Waals surface area contributed by atoms with Crippen LogP contribution in [0.5, 0.6) is 0 Å². The summed E-state index contributed by atoms with van der Waals surface area (Å²) in [5, 5.41) is 8.06. The van der Waals surface area contributed by atoms with Crippen LogP contribution in [0.1, 0.15) is 0 Å². The van der Waals surface area contributed by atoms with Gasteiger partial charge in [-0.3, -0.25) is 19.6 Å². The third kappa shape index (κ3) is 4.72. The van der Waals surface area contributed by atoms with Crippen molar-refractivity contribution in [2.24, 2.45) is 0 Å². The van der Waals surface area contributed by atoms with E-state index in [2.05, 4.69) is 20.7 Å². The van der Waals surface area contributed by atoms with Gasteiger partial charge in [-0.25, -0.2) is 8.42 Å². The summed E-state index contributed by atoms with van der Waals surface area (Å²) < 4.78 is 24.7. The van der Waals surface area contributed by atoms with Gasteiger partial charge in [-0.2, -0.15) is 0 Å². The van der Waals surface area contributed by atoms with Crippen LogP contribution >= 0.6 is 0 Å². The molecule has 1 aliphatic heterocycles. The third-order valence-corrected chi connectivity index (χ3v) is 3.37. The van der Waals surface area contributed by atoms with Crippen molar-refractivity contribution < 1.29 is 18.0 Å². The van der Waals surface area contributed by atoms with Crippen LogP contribution < -0.4 is 20.7 Å². The number of carbonyl (C=O) groups excluding carboxylic acids is 2. The van der Waals surface area contributed by atoms with Crippen LogP contribution in [0.2, 0.25) is 0 Å². The molecule has 1 atom stereocenters. The highest BCUT2D eigenvalue weighted by atomic mass is 32.2. The largest absolute Gasteiger partial charge is 0.353 e. The molecule has 1 aromatic carbocycles. The predicted octanol–water partition coefficient (Wildman–Crippen LogP) is -0.915. The van der Waals surface area contributed by atoms with E-state index in [1.807, 2.05) is 0 Å². The summed E-state index contributed by atoms with van der Waals surface area (Å²) in [7, 11) is -3.37. The minimum Gasteiger partial charge on any atom is -0.353 e. The molecule has 8 nitrogen and oxygen atoms in total. The molecule has 0 aliphatic carbocycles.